The second-order valence-electron chi connectivity index (χ2n) is 6.72. The summed E-state index contributed by atoms with van der Waals surface area (Å²) in [6.45, 7) is 5.03. The number of piperidine rings is 1. The summed E-state index contributed by atoms with van der Waals surface area (Å²) in [6.07, 6.45) is -1.59. The lowest BCUT2D eigenvalue weighted by Gasteiger charge is -2.32. The Kier molecular flexibility index (Phi) is 6.45. The first-order valence-electron chi connectivity index (χ1n) is 8.62. The summed E-state index contributed by atoms with van der Waals surface area (Å²) < 4.78 is 38.1. The number of hydrogen-bond acceptors (Lipinski definition) is 4. The van der Waals surface area contributed by atoms with Gasteiger partial charge in [0.15, 0.2) is 0 Å². The van der Waals surface area contributed by atoms with E-state index in [1.54, 1.807) is 0 Å². The Labute approximate surface area is 155 Å². The van der Waals surface area contributed by atoms with Crippen molar-refractivity contribution in [3.8, 4) is 0 Å². The molecule has 0 N–H and O–H groups in total. The van der Waals surface area contributed by atoms with Crippen LogP contribution in [0.4, 0.5) is 24.5 Å². The van der Waals surface area contributed by atoms with Crippen molar-refractivity contribution < 1.29 is 22.9 Å². The van der Waals surface area contributed by atoms with Gasteiger partial charge in [0, 0.05) is 31.3 Å². The smallest absolute Gasteiger partial charge is 0.366 e. The van der Waals surface area contributed by atoms with Crippen LogP contribution in [-0.4, -0.2) is 48.1 Å². The zero-order valence-electron chi connectivity index (χ0n) is 15.0. The SMILES string of the molecule is C=CCN(CC(F)(F)F)C(=O)c1ccc(N2CCC(C)CC2)c([N+](=O)[O-])c1. The van der Waals surface area contributed by atoms with Gasteiger partial charge < -0.3 is 9.80 Å². The van der Waals surface area contributed by atoms with Crippen LogP contribution in [0.15, 0.2) is 30.9 Å². The second-order valence-corrected chi connectivity index (χ2v) is 6.72. The van der Waals surface area contributed by atoms with Gasteiger partial charge in [0.2, 0.25) is 0 Å². The summed E-state index contributed by atoms with van der Waals surface area (Å²) in [7, 11) is 0. The Bertz CT molecular complexity index is 714. The van der Waals surface area contributed by atoms with Crippen LogP contribution in [0.1, 0.15) is 30.1 Å². The quantitative estimate of drug-likeness (QED) is 0.421. The number of nitrogens with zero attached hydrogens (tertiary/aromatic N) is 3. The van der Waals surface area contributed by atoms with Crippen LogP contribution in [0.2, 0.25) is 0 Å². The monoisotopic (exact) mass is 385 g/mol. The van der Waals surface area contributed by atoms with Crippen LogP contribution in [0.5, 0.6) is 0 Å². The zero-order chi connectivity index (χ0) is 20.2. The van der Waals surface area contributed by atoms with Crippen LogP contribution in [-0.2, 0) is 0 Å². The third-order valence-electron chi connectivity index (χ3n) is 4.55. The predicted molar refractivity (Wildman–Crippen MR) is 95.9 cm³/mol. The van der Waals surface area contributed by atoms with Gasteiger partial charge in [-0.1, -0.05) is 13.0 Å². The molecule has 1 saturated heterocycles. The maximum Gasteiger partial charge on any atom is 0.406 e. The normalized spacial score (nSPS) is 15.5. The van der Waals surface area contributed by atoms with Crippen molar-refractivity contribution >= 4 is 17.3 Å². The van der Waals surface area contributed by atoms with E-state index in [1.807, 2.05) is 4.90 Å². The van der Waals surface area contributed by atoms with E-state index >= 15 is 0 Å². The van der Waals surface area contributed by atoms with E-state index in [2.05, 4.69) is 13.5 Å². The molecule has 0 atom stereocenters. The number of rotatable bonds is 6. The van der Waals surface area contributed by atoms with Gasteiger partial charge in [0.05, 0.1) is 4.92 Å². The molecule has 27 heavy (non-hydrogen) atoms. The number of carbonyl (C=O) groups is 1. The minimum Gasteiger partial charge on any atom is -0.366 e. The van der Waals surface area contributed by atoms with E-state index in [1.165, 1.54) is 18.2 Å². The van der Waals surface area contributed by atoms with Crippen molar-refractivity contribution in [2.45, 2.75) is 25.9 Å². The molecule has 1 fully saturated rings. The minimum absolute atomic E-state index is 0.151. The van der Waals surface area contributed by atoms with E-state index in [-0.39, 0.29) is 17.8 Å². The molecule has 0 aliphatic carbocycles. The van der Waals surface area contributed by atoms with Gasteiger partial charge in [-0.2, -0.15) is 13.2 Å². The summed E-state index contributed by atoms with van der Waals surface area (Å²) in [5, 5.41) is 11.5. The lowest BCUT2D eigenvalue weighted by Crippen LogP contribution is -2.39. The average molecular weight is 385 g/mol. The Morgan fingerprint density at radius 3 is 2.56 bits per heavy atom. The Hall–Kier alpha value is -2.58. The molecule has 1 aliphatic heterocycles. The summed E-state index contributed by atoms with van der Waals surface area (Å²) in [5.41, 5.74) is -0.0440. The maximum absolute atomic E-state index is 12.7. The number of nitro benzene ring substituents is 1. The molecule has 1 aromatic carbocycles. The molecule has 0 aromatic heterocycles. The summed E-state index contributed by atoms with van der Waals surface area (Å²) in [4.78, 5) is 25.8. The number of hydrogen-bond donors (Lipinski definition) is 0. The third-order valence-corrected chi connectivity index (χ3v) is 4.55. The number of carbonyl (C=O) groups excluding carboxylic acids is 1. The molecule has 0 unspecified atom stereocenters. The number of anilines is 1. The van der Waals surface area contributed by atoms with Crippen molar-refractivity contribution in [2.75, 3.05) is 31.1 Å². The molecule has 1 amide bonds. The minimum atomic E-state index is -4.57. The van der Waals surface area contributed by atoms with Crippen molar-refractivity contribution in [1.82, 2.24) is 4.90 Å². The highest BCUT2D eigenvalue weighted by atomic mass is 19.4. The molecule has 9 heteroatoms. The fourth-order valence-corrected chi connectivity index (χ4v) is 3.09. The molecule has 2 rings (SSSR count). The number of nitro groups is 1. The fraction of sp³-hybridized carbons (Fsp3) is 0.500. The third kappa shape index (κ3) is 5.45. The molecular formula is C18H22F3N3O3. The van der Waals surface area contributed by atoms with Crippen molar-refractivity contribution in [1.29, 1.82) is 0 Å². The first-order chi connectivity index (χ1) is 12.6. The summed E-state index contributed by atoms with van der Waals surface area (Å²) in [6, 6.07) is 3.85. The summed E-state index contributed by atoms with van der Waals surface area (Å²) >= 11 is 0. The molecule has 6 nitrogen and oxygen atoms in total. The van der Waals surface area contributed by atoms with E-state index in [9.17, 15) is 28.1 Å². The average Bonchev–Trinajstić information content (AvgIpc) is 2.60. The van der Waals surface area contributed by atoms with E-state index in [4.69, 9.17) is 0 Å². The number of amides is 1. The predicted octanol–water partition coefficient (Wildman–Crippen LogP) is 4.02. The lowest BCUT2D eigenvalue weighted by molar-refractivity contribution is -0.384. The standard InChI is InChI=1S/C18H22F3N3O3/c1-3-8-23(12-18(19,20)21)17(25)14-4-5-15(16(11-14)24(26)27)22-9-6-13(2)7-10-22/h3-5,11,13H,1,6-10,12H2,2H3. The molecule has 0 radical (unpaired) electrons. The largest absolute Gasteiger partial charge is 0.406 e. The summed E-state index contributed by atoms with van der Waals surface area (Å²) in [5.74, 6) is -0.384. The van der Waals surface area contributed by atoms with E-state index in [0.29, 0.717) is 29.6 Å². The molecular weight excluding hydrogens is 363 g/mol. The van der Waals surface area contributed by atoms with Crippen molar-refractivity contribution in [3.63, 3.8) is 0 Å². The van der Waals surface area contributed by atoms with Gasteiger partial charge in [-0.25, -0.2) is 0 Å². The van der Waals surface area contributed by atoms with Crippen LogP contribution in [0.25, 0.3) is 0 Å². The molecule has 0 bridgehead atoms. The Balaban J connectivity index is 2.32. The topological polar surface area (TPSA) is 66.7 Å². The van der Waals surface area contributed by atoms with Crippen LogP contribution in [0.3, 0.4) is 0 Å². The Morgan fingerprint density at radius 2 is 2.04 bits per heavy atom. The van der Waals surface area contributed by atoms with Crippen LogP contribution in [0, 0.1) is 16.0 Å². The van der Waals surface area contributed by atoms with Gasteiger partial charge in [-0.15, -0.1) is 6.58 Å². The van der Waals surface area contributed by atoms with Crippen LogP contribution < -0.4 is 4.90 Å². The Morgan fingerprint density at radius 1 is 1.41 bits per heavy atom. The first-order valence-corrected chi connectivity index (χ1v) is 8.62. The number of halogens is 3. The van der Waals surface area contributed by atoms with Gasteiger partial charge in [0.25, 0.3) is 11.6 Å². The molecule has 148 valence electrons. The van der Waals surface area contributed by atoms with E-state index in [0.717, 1.165) is 18.9 Å². The van der Waals surface area contributed by atoms with Crippen LogP contribution >= 0.6 is 0 Å². The maximum atomic E-state index is 12.7. The van der Waals surface area contributed by atoms with Crippen molar-refractivity contribution in [3.05, 3.63) is 46.5 Å². The van der Waals surface area contributed by atoms with Crippen molar-refractivity contribution in [2.24, 2.45) is 5.92 Å². The zero-order valence-corrected chi connectivity index (χ0v) is 15.0. The second kappa shape index (κ2) is 8.41. The fourth-order valence-electron chi connectivity index (χ4n) is 3.09. The first kappa shape index (κ1) is 20.7. The molecule has 1 aliphatic rings. The molecule has 1 heterocycles. The molecule has 0 saturated carbocycles. The highest BCUT2D eigenvalue weighted by Gasteiger charge is 2.33. The van der Waals surface area contributed by atoms with Gasteiger partial charge >= 0.3 is 6.18 Å². The molecule has 1 aromatic rings. The number of alkyl halides is 3. The lowest BCUT2D eigenvalue weighted by atomic mass is 9.98. The highest BCUT2D eigenvalue weighted by molar-refractivity contribution is 5.96. The van der Waals surface area contributed by atoms with Gasteiger partial charge in [-0.05, 0) is 30.9 Å². The van der Waals surface area contributed by atoms with Gasteiger partial charge in [-0.3, -0.25) is 14.9 Å². The highest BCUT2D eigenvalue weighted by Crippen LogP contribution is 2.33. The van der Waals surface area contributed by atoms with Gasteiger partial charge in [0.1, 0.15) is 12.2 Å². The number of benzene rings is 1. The molecule has 0 spiro atoms. The van der Waals surface area contributed by atoms with E-state index < -0.39 is 23.6 Å².